The van der Waals surface area contributed by atoms with E-state index >= 15 is 0 Å². The summed E-state index contributed by atoms with van der Waals surface area (Å²) < 4.78 is 10.6. The number of benzene rings is 2. The lowest BCUT2D eigenvalue weighted by atomic mass is 10.0. The first-order valence-electron chi connectivity index (χ1n) is 9.40. The fourth-order valence-electron chi connectivity index (χ4n) is 3.55. The molecule has 0 aliphatic carbocycles. The van der Waals surface area contributed by atoms with Gasteiger partial charge in [0, 0.05) is 24.7 Å². The van der Waals surface area contributed by atoms with Crippen molar-refractivity contribution in [3.63, 3.8) is 0 Å². The number of ether oxygens (including phenoxy) is 2. The number of nitrogens with zero attached hydrogens (tertiary/aromatic N) is 1. The summed E-state index contributed by atoms with van der Waals surface area (Å²) in [7, 11) is 3.12. The van der Waals surface area contributed by atoms with Crippen molar-refractivity contribution in [3.8, 4) is 11.5 Å². The van der Waals surface area contributed by atoms with E-state index in [0.717, 1.165) is 23.2 Å². The molecule has 0 saturated carbocycles. The van der Waals surface area contributed by atoms with Gasteiger partial charge in [0.1, 0.15) is 11.5 Å². The SMILES string of the molecule is CCc1cccc(C)c1NC(=O)C1CC(=O)N(c2ccc(OC)cc2OC)C1. The predicted molar refractivity (Wildman–Crippen MR) is 109 cm³/mol. The van der Waals surface area contributed by atoms with E-state index in [0.29, 0.717) is 23.7 Å². The highest BCUT2D eigenvalue weighted by atomic mass is 16.5. The van der Waals surface area contributed by atoms with Gasteiger partial charge < -0.3 is 19.7 Å². The second-order valence-corrected chi connectivity index (χ2v) is 6.90. The molecule has 1 aliphatic heterocycles. The van der Waals surface area contributed by atoms with Crippen LogP contribution in [0.2, 0.25) is 0 Å². The molecular formula is C22H26N2O4. The second kappa shape index (κ2) is 8.33. The zero-order chi connectivity index (χ0) is 20.3. The van der Waals surface area contributed by atoms with E-state index in [9.17, 15) is 9.59 Å². The molecule has 0 aromatic heterocycles. The fraction of sp³-hybridized carbons (Fsp3) is 0.364. The van der Waals surface area contributed by atoms with Crippen LogP contribution >= 0.6 is 0 Å². The minimum absolute atomic E-state index is 0.0934. The minimum atomic E-state index is -0.413. The number of methoxy groups -OCH3 is 2. The van der Waals surface area contributed by atoms with E-state index in [1.165, 1.54) is 0 Å². The first-order valence-corrected chi connectivity index (χ1v) is 9.40. The summed E-state index contributed by atoms with van der Waals surface area (Å²) >= 11 is 0. The molecule has 1 atom stereocenters. The lowest BCUT2D eigenvalue weighted by Gasteiger charge is -2.20. The van der Waals surface area contributed by atoms with E-state index in [4.69, 9.17) is 9.47 Å². The monoisotopic (exact) mass is 382 g/mol. The first kappa shape index (κ1) is 19.7. The van der Waals surface area contributed by atoms with Gasteiger partial charge in [0.25, 0.3) is 0 Å². The Bertz CT molecular complexity index is 894. The number of hydrogen-bond donors (Lipinski definition) is 1. The average molecular weight is 382 g/mol. The minimum Gasteiger partial charge on any atom is -0.497 e. The molecule has 28 heavy (non-hydrogen) atoms. The van der Waals surface area contributed by atoms with Crippen LogP contribution in [0, 0.1) is 12.8 Å². The number of nitrogens with one attached hydrogen (secondary N) is 1. The maximum atomic E-state index is 12.9. The molecule has 0 spiro atoms. The fourth-order valence-corrected chi connectivity index (χ4v) is 3.55. The van der Waals surface area contributed by atoms with Gasteiger partial charge in [-0.2, -0.15) is 0 Å². The summed E-state index contributed by atoms with van der Waals surface area (Å²) in [6.07, 6.45) is 1.00. The van der Waals surface area contributed by atoms with Crippen LogP contribution in [0.3, 0.4) is 0 Å². The number of carbonyl (C=O) groups is 2. The van der Waals surface area contributed by atoms with Crippen molar-refractivity contribution in [1.82, 2.24) is 0 Å². The lowest BCUT2D eigenvalue weighted by Crippen LogP contribution is -2.28. The smallest absolute Gasteiger partial charge is 0.229 e. The molecule has 2 aromatic carbocycles. The zero-order valence-corrected chi connectivity index (χ0v) is 16.7. The largest absolute Gasteiger partial charge is 0.497 e. The molecule has 6 heteroatoms. The Morgan fingerprint density at radius 3 is 2.68 bits per heavy atom. The number of hydrogen-bond acceptors (Lipinski definition) is 4. The van der Waals surface area contributed by atoms with Crippen LogP contribution < -0.4 is 19.7 Å². The lowest BCUT2D eigenvalue weighted by molar-refractivity contribution is -0.122. The Labute approximate surface area is 165 Å². The molecule has 2 aromatic rings. The topological polar surface area (TPSA) is 67.9 Å². The summed E-state index contributed by atoms with van der Waals surface area (Å²) in [6, 6.07) is 11.3. The van der Waals surface area contributed by atoms with Gasteiger partial charge in [0.2, 0.25) is 11.8 Å². The van der Waals surface area contributed by atoms with Gasteiger partial charge in [-0.1, -0.05) is 25.1 Å². The molecule has 3 rings (SSSR count). The third-order valence-corrected chi connectivity index (χ3v) is 5.16. The molecule has 6 nitrogen and oxygen atoms in total. The highest BCUT2D eigenvalue weighted by Crippen LogP contribution is 2.36. The third-order valence-electron chi connectivity index (χ3n) is 5.16. The van der Waals surface area contributed by atoms with Crippen LogP contribution in [0.1, 0.15) is 24.5 Å². The molecule has 0 bridgehead atoms. The van der Waals surface area contributed by atoms with Gasteiger partial charge in [-0.05, 0) is 36.6 Å². The molecule has 1 fully saturated rings. The highest BCUT2D eigenvalue weighted by Gasteiger charge is 2.36. The molecule has 1 aliphatic rings. The van der Waals surface area contributed by atoms with Crippen molar-refractivity contribution in [1.29, 1.82) is 0 Å². The van der Waals surface area contributed by atoms with Crippen LogP contribution in [-0.2, 0) is 16.0 Å². The Morgan fingerprint density at radius 1 is 1.21 bits per heavy atom. The molecular weight excluding hydrogens is 356 g/mol. The molecule has 148 valence electrons. The van der Waals surface area contributed by atoms with E-state index in [-0.39, 0.29) is 18.2 Å². The van der Waals surface area contributed by atoms with Gasteiger partial charge in [-0.25, -0.2) is 0 Å². The number of carbonyl (C=O) groups excluding carboxylic acids is 2. The molecule has 0 radical (unpaired) electrons. The maximum absolute atomic E-state index is 12.9. The summed E-state index contributed by atoms with van der Waals surface area (Å²) in [5, 5.41) is 3.04. The summed E-state index contributed by atoms with van der Waals surface area (Å²) in [6.45, 7) is 4.35. The van der Waals surface area contributed by atoms with Crippen molar-refractivity contribution >= 4 is 23.2 Å². The number of aryl methyl sites for hydroxylation is 2. The first-order chi connectivity index (χ1) is 13.5. The summed E-state index contributed by atoms with van der Waals surface area (Å²) in [5.74, 6) is 0.550. The van der Waals surface area contributed by atoms with Crippen molar-refractivity contribution < 1.29 is 19.1 Å². The van der Waals surface area contributed by atoms with Crippen LogP contribution in [0.4, 0.5) is 11.4 Å². The van der Waals surface area contributed by atoms with Crippen molar-refractivity contribution in [2.75, 3.05) is 31.0 Å². The van der Waals surface area contributed by atoms with Gasteiger partial charge >= 0.3 is 0 Å². The Balaban J connectivity index is 1.79. The van der Waals surface area contributed by atoms with Gasteiger partial charge in [-0.15, -0.1) is 0 Å². The summed E-state index contributed by atoms with van der Waals surface area (Å²) in [4.78, 5) is 27.1. The number of anilines is 2. The van der Waals surface area contributed by atoms with Crippen LogP contribution in [0.15, 0.2) is 36.4 Å². The molecule has 1 heterocycles. The molecule has 2 amide bonds. The predicted octanol–water partition coefficient (Wildman–Crippen LogP) is 3.57. The molecule has 1 N–H and O–H groups in total. The van der Waals surface area contributed by atoms with Crippen molar-refractivity contribution in [2.45, 2.75) is 26.7 Å². The van der Waals surface area contributed by atoms with E-state index < -0.39 is 5.92 Å². The van der Waals surface area contributed by atoms with Crippen molar-refractivity contribution in [3.05, 3.63) is 47.5 Å². The van der Waals surface area contributed by atoms with Gasteiger partial charge in [0.05, 0.1) is 25.8 Å². The van der Waals surface area contributed by atoms with E-state index in [1.54, 1.807) is 37.3 Å². The average Bonchev–Trinajstić information content (AvgIpc) is 3.10. The van der Waals surface area contributed by atoms with E-state index in [1.807, 2.05) is 25.1 Å². The molecule has 1 saturated heterocycles. The van der Waals surface area contributed by atoms with Crippen LogP contribution in [0.25, 0.3) is 0 Å². The second-order valence-electron chi connectivity index (χ2n) is 6.90. The van der Waals surface area contributed by atoms with E-state index in [2.05, 4.69) is 12.2 Å². The van der Waals surface area contributed by atoms with Crippen molar-refractivity contribution in [2.24, 2.45) is 5.92 Å². The van der Waals surface area contributed by atoms with Crippen LogP contribution in [0.5, 0.6) is 11.5 Å². The summed E-state index contributed by atoms with van der Waals surface area (Å²) in [5.41, 5.74) is 3.61. The van der Waals surface area contributed by atoms with Gasteiger partial charge in [-0.3, -0.25) is 9.59 Å². The quantitative estimate of drug-likeness (QED) is 0.829. The normalized spacial score (nSPS) is 16.2. The highest BCUT2D eigenvalue weighted by molar-refractivity contribution is 6.04. The Kier molecular flexibility index (Phi) is 5.87. The Hall–Kier alpha value is -3.02. The zero-order valence-electron chi connectivity index (χ0n) is 16.7. The maximum Gasteiger partial charge on any atom is 0.229 e. The Morgan fingerprint density at radius 2 is 2.00 bits per heavy atom. The van der Waals surface area contributed by atoms with Crippen LogP contribution in [-0.4, -0.2) is 32.6 Å². The molecule has 1 unspecified atom stereocenters. The standard InChI is InChI=1S/C22H26N2O4/c1-5-15-8-6-7-14(2)21(15)23-22(26)16-11-20(25)24(13-16)18-10-9-17(27-3)12-19(18)28-4/h6-10,12,16H,5,11,13H2,1-4H3,(H,23,26). The number of rotatable bonds is 6. The number of para-hydroxylation sites is 1. The van der Waals surface area contributed by atoms with Gasteiger partial charge in [0.15, 0.2) is 0 Å². The number of amides is 2. The third kappa shape index (κ3) is 3.81.